The van der Waals surface area contributed by atoms with E-state index in [1.165, 1.54) is 0 Å². The summed E-state index contributed by atoms with van der Waals surface area (Å²) >= 11 is 0. The van der Waals surface area contributed by atoms with Crippen LogP contribution in [0.25, 0.3) is 0 Å². The van der Waals surface area contributed by atoms with Crippen molar-refractivity contribution in [3.8, 4) is 0 Å². The number of carboxylic acids is 1. The van der Waals surface area contributed by atoms with Gasteiger partial charge in [-0.1, -0.05) is 119 Å². The maximum atomic E-state index is 12.1. The molecule has 4 heteroatoms. The van der Waals surface area contributed by atoms with E-state index in [0.29, 0.717) is 12.8 Å². The van der Waals surface area contributed by atoms with E-state index in [2.05, 4.69) is 86.8 Å². The number of aliphatic carboxylic acids is 1. The largest absolute Gasteiger partial charge is 0.479 e. The van der Waals surface area contributed by atoms with Crippen molar-refractivity contribution in [1.29, 1.82) is 0 Å². The Morgan fingerprint density at radius 1 is 0.550 bits per heavy atom. The van der Waals surface area contributed by atoms with Gasteiger partial charge in [0.15, 0.2) is 6.10 Å². The van der Waals surface area contributed by atoms with Crippen molar-refractivity contribution in [2.45, 2.75) is 142 Å². The highest BCUT2D eigenvalue weighted by Gasteiger charge is 2.21. The summed E-state index contributed by atoms with van der Waals surface area (Å²) in [6, 6.07) is 0. The quantitative estimate of drug-likeness (QED) is 0.0623. The first-order valence-electron chi connectivity index (χ1n) is 15.9. The van der Waals surface area contributed by atoms with Crippen molar-refractivity contribution in [1.82, 2.24) is 0 Å². The van der Waals surface area contributed by atoms with Crippen LogP contribution >= 0.6 is 0 Å². The minimum absolute atomic E-state index is 0.306. The number of allylic oxidation sites excluding steroid dienone is 12. The SMILES string of the molecule is CC/C=C\C/C=C\C/C=C\CCCCCCC(OC(=O)CCCCCCC/C=C/C/C=C/C/C=C/CC)C(=O)O. The fraction of sp³-hybridized carbons (Fsp3) is 0.611. The van der Waals surface area contributed by atoms with Crippen LogP contribution in [0.5, 0.6) is 0 Å². The van der Waals surface area contributed by atoms with Crippen molar-refractivity contribution in [3.63, 3.8) is 0 Å². The second-order valence-electron chi connectivity index (χ2n) is 10.2. The number of carbonyl (C=O) groups excluding carboxylic acids is 1. The third-order valence-corrected chi connectivity index (χ3v) is 6.45. The molecule has 0 aliphatic rings. The Morgan fingerprint density at radius 2 is 0.950 bits per heavy atom. The number of unbranched alkanes of at least 4 members (excludes halogenated alkanes) is 9. The summed E-state index contributed by atoms with van der Waals surface area (Å²) < 4.78 is 5.27. The fourth-order valence-electron chi connectivity index (χ4n) is 4.11. The van der Waals surface area contributed by atoms with Gasteiger partial charge in [0.2, 0.25) is 0 Å². The molecule has 0 aliphatic carbocycles. The van der Waals surface area contributed by atoms with Gasteiger partial charge in [-0.05, 0) is 83.5 Å². The Balaban J connectivity index is 3.73. The predicted octanol–water partition coefficient (Wildman–Crippen LogP) is 10.8. The Kier molecular flexibility index (Phi) is 28.9. The van der Waals surface area contributed by atoms with Gasteiger partial charge in [0, 0.05) is 6.42 Å². The molecule has 40 heavy (non-hydrogen) atoms. The highest BCUT2D eigenvalue weighted by atomic mass is 16.6. The summed E-state index contributed by atoms with van der Waals surface area (Å²) in [5, 5.41) is 9.42. The van der Waals surface area contributed by atoms with Crippen LogP contribution in [-0.4, -0.2) is 23.1 Å². The van der Waals surface area contributed by atoms with E-state index in [9.17, 15) is 14.7 Å². The van der Waals surface area contributed by atoms with Crippen LogP contribution in [0.1, 0.15) is 136 Å². The summed E-state index contributed by atoms with van der Waals surface area (Å²) in [6.45, 7) is 4.29. The maximum Gasteiger partial charge on any atom is 0.345 e. The lowest BCUT2D eigenvalue weighted by atomic mass is 10.1. The Hall–Kier alpha value is -2.62. The maximum absolute atomic E-state index is 12.1. The molecule has 1 atom stereocenters. The minimum Gasteiger partial charge on any atom is -0.479 e. The number of carboxylic acid groups (broad SMARTS) is 1. The molecule has 0 aromatic carbocycles. The number of esters is 1. The average Bonchev–Trinajstić information content (AvgIpc) is 2.94. The van der Waals surface area contributed by atoms with E-state index in [4.69, 9.17) is 4.74 Å². The summed E-state index contributed by atoms with van der Waals surface area (Å²) in [7, 11) is 0. The van der Waals surface area contributed by atoms with Gasteiger partial charge in [-0.2, -0.15) is 0 Å². The van der Waals surface area contributed by atoms with Crippen molar-refractivity contribution in [2.24, 2.45) is 0 Å². The summed E-state index contributed by atoms with van der Waals surface area (Å²) in [5.74, 6) is -1.42. The zero-order chi connectivity index (χ0) is 29.4. The zero-order valence-electron chi connectivity index (χ0n) is 25.6. The molecule has 0 radical (unpaired) electrons. The predicted molar refractivity (Wildman–Crippen MR) is 171 cm³/mol. The lowest BCUT2D eigenvalue weighted by Gasteiger charge is -2.13. The average molecular weight is 555 g/mol. The molecule has 4 nitrogen and oxygen atoms in total. The monoisotopic (exact) mass is 554 g/mol. The second-order valence-corrected chi connectivity index (χ2v) is 10.2. The van der Waals surface area contributed by atoms with Crippen LogP contribution in [0.4, 0.5) is 0 Å². The standard InChI is InChI=1S/C36H58O4/c1-3-5-7-9-11-13-15-17-19-21-23-25-27-29-31-33-35(37)40-34(36(38)39)32-30-28-26-24-22-20-18-16-14-12-10-8-6-4-2/h5-8,11-14,17-20,34H,3-4,9-10,15-16,21-33H2,1-2H3,(H,38,39)/b7-5+,8-6-,13-11+,14-12-,19-17+,20-18-. The van der Waals surface area contributed by atoms with E-state index in [1.807, 2.05) is 0 Å². The highest BCUT2D eigenvalue weighted by Crippen LogP contribution is 2.13. The van der Waals surface area contributed by atoms with E-state index in [0.717, 1.165) is 109 Å². The first kappa shape index (κ1) is 37.4. The molecule has 0 heterocycles. The molecule has 1 N–H and O–H groups in total. The van der Waals surface area contributed by atoms with Gasteiger partial charge in [0.05, 0.1) is 0 Å². The molecule has 0 bridgehead atoms. The van der Waals surface area contributed by atoms with Crippen LogP contribution in [-0.2, 0) is 14.3 Å². The molecule has 0 aliphatic heterocycles. The molecule has 0 fully saturated rings. The molecule has 0 rings (SSSR count). The van der Waals surface area contributed by atoms with Gasteiger partial charge in [0.1, 0.15) is 0 Å². The third kappa shape index (κ3) is 28.4. The van der Waals surface area contributed by atoms with Crippen LogP contribution in [0.2, 0.25) is 0 Å². The first-order chi connectivity index (χ1) is 19.6. The van der Waals surface area contributed by atoms with Crippen molar-refractivity contribution in [3.05, 3.63) is 72.9 Å². The van der Waals surface area contributed by atoms with Gasteiger partial charge >= 0.3 is 11.9 Å². The number of hydrogen-bond acceptors (Lipinski definition) is 3. The summed E-state index contributed by atoms with van der Waals surface area (Å²) in [5.41, 5.74) is 0. The third-order valence-electron chi connectivity index (χ3n) is 6.45. The topological polar surface area (TPSA) is 63.6 Å². The van der Waals surface area contributed by atoms with Crippen molar-refractivity contribution in [2.75, 3.05) is 0 Å². The van der Waals surface area contributed by atoms with Crippen LogP contribution < -0.4 is 0 Å². The molecule has 0 aromatic rings. The van der Waals surface area contributed by atoms with E-state index in [1.54, 1.807) is 0 Å². The molecule has 0 saturated heterocycles. The minimum atomic E-state index is -1.04. The second kappa shape index (κ2) is 30.9. The van der Waals surface area contributed by atoms with Crippen molar-refractivity contribution < 1.29 is 19.4 Å². The highest BCUT2D eigenvalue weighted by molar-refractivity contribution is 5.77. The number of rotatable bonds is 27. The number of carbonyl (C=O) groups is 2. The summed E-state index contributed by atoms with van der Waals surface area (Å²) in [4.78, 5) is 23.6. The van der Waals surface area contributed by atoms with E-state index >= 15 is 0 Å². The Morgan fingerprint density at radius 3 is 1.43 bits per heavy atom. The first-order valence-corrected chi connectivity index (χ1v) is 15.9. The molecule has 0 aromatic heterocycles. The molecular formula is C36H58O4. The fourth-order valence-corrected chi connectivity index (χ4v) is 4.11. The molecule has 0 saturated carbocycles. The molecule has 0 spiro atoms. The van der Waals surface area contributed by atoms with Crippen molar-refractivity contribution >= 4 is 11.9 Å². The molecule has 0 amide bonds. The van der Waals surface area contributed by atoms with Gasteiger partial charge < -0.3 is 9.84 Å². The van der Waals surface area contributed by atoms with E-state index in [-0.39, 0.29) is 5.97 Å². The molecular weight excluding hydrogens is 496 g/mol. The smallest absolute Gasteiger partial charge is 0.345 e. The van der Waals surface area contributed by atoms with E-state index < -0.39 is 12.1 Å². The zero-order valence-corrected chi connectivity index (χ0v) is 25.6. The van der Waals surface area contributed by atoms with Gasteiger partial charge in [-0.3, -0.25) is 4.79 Å². The number of hydrogen-bond donors (Lipinski definition) is 1. The molecule has 226 valence electrons. The number of ether oxygens (including phenoxy) is 1. The van der Waals surface area contributed by atoms with Gasteiger partial charge in [0.25, 0.3) is 0 Å². The Labute approximate surface area is 246 Å². The van der Waals surface area contributed by atoms with Gasteiger partial charge in [-0.15, -0.1) is 0 Å². The lowest BCUT2D eigenvalue weighted by Crippen LogP contribution is -2.27. The van der Waals surface area contributed by atoms with Crippen LogP contribution in [0.15, 0.2) is 72.9 Å². The normalized spacial score (nSPS) is 13.2. The summed E-state index contributed by atoms with van der Waals surface area (Å²) in [6.07, 6.45) is 43.5. The molecule has 1 unspecified atom stereocenters. The van der Waals surface area contributed by atoms with Gasteiger partial charge in [-0.25, -0.2) is 4.79 Å². The lowest BCUT2D eigenvalue weighted by molar-refractivity contribution is -0.164. The van der Waals surface area contributed by atoms with Crippen LogP contribution in [0.3, 0.4) is 0 Å². The Bertz CT molecular complexity index is 770. The van der Waals surface area contributed by atoms with Crippen LogP contribution in [0, 0.1) is 0 Å².